The molecule has 1 saturated heterocycles. The van der Waals surface area contributed by atoms with Gasteiger partial charge in [0.2, 0.25) is 0 Å². The fourth-order valence-electron chi connectivity index (χ4n) is 6.92. The summed E-state index contributed by atoms with van der Waals surface area (Å²) in [5.41, 5.74) is 5.57. The largest absolute Gasteiger partial charge is 0.452 e. The van der Waals surface area contributed by atoms with Crippen molar-refractivity contribution < 1.29 is 14.3 Å². The van der Waals surface area contributed by atoms with Crippen molar-refractivity contribution in [2.45, 2.75) is 70.1 Å². The van der Waals surface area contributed by atoms with Crippen molar-refractivity contribution >= 4 is 22.8 Å². The Morgan fingerprint density at radius 1 is 1.07 bits per heavy atom. The van der Waals surface area contributed by atoms with Crippen LogP contribution in [0.4, 0.5) is 10.5 Å². The van der Waals surface area contributed by atoms with Crippen molar-refractivity contribution in [3.8, 4) is 0 Å². The summed E-state index contributed by atoms with van der Waals surface area (Å²) in [4.78, 5) is 22.3. The molecule has 2 aliphatic heterocycles. The zero-order chi connectivity index (χ0) is 27.5. The summed E-state index contributed by atoms with van der Waals surface area (Å²) in [7, 11) is 1.46. The Kier molecular flexibility index (Phi) is 8.37. The molecule has 2 fully saturated rings. The molecule has 8 nitrogen and oxygen atoms in total. The van der Waals surface area contributed by atoms with Gasteiger partial charge in [0.15, 0.2) is 0 Å². The van der Waals surface area contributed by atoms with E-state index < -0.39 is 0 Å². The minimum Gasteiger partial charge on any atom is -0.452 e. The SMILES string of the molecule is COC(=O)N1c2ccc3c(nc(Cc4ccccc4)n3C3CCC[C@@H](OCCN4CCNCC4)C3)c2CC[C@@H]1C. The molecule has 1 unspecified atom stereocenters. The lowest BCUT2D eigenvalue weighted by Crippen LogP contribution is -2.45. The third-order valence-electron chi connectivity index (χ3n) is 9.04. The predicted molar refractivity (Wildman–Crippen MR) is 158 cm³/mol. The van der Waals surface area contributed by atoms with Crippen molar-refractivity contribution in [3.63, 3.8) is 0 Å². The van der Waals surface area contributed by atoms with Gasteiger partial charge in [-0.3, -0.25) is 9.80 Å². The van der Waals surface area contributed by atoms with Crippen molar-refractivity contribution in [3.05, 3.63) is 59.4 Å². The van der Waals surface area contributed by atoms with Crippen LogP contribution in [0.2, 0.25) is 0 Å². The van der Waals surface area contributed by atoms with Gasteiger partial charge in [-0.05, 0) is 63.1 Å². The number of piperazine rings is 1. The number of carbonyl (C=O) groups is 1. The number of fused-ring (bicyclic) bond motifs is 3. The number of nitrogens with zero attached hydrogens (tertiary/aromatic N) is 4. The molecule has 214 valence electrons. The summed E-state index contributed by atoms with van der Waals surface area (Å²) in [6, 6.07) is 15.4. The van der Waals surface area contributed by atoms with Gasteiger partial charge >= 0.3 is 6.09 Å². The van der Waals surface area contributed by atoms with Gasteiger partial charge in [0.25, 0.3) is 0 Å². The number of aromatic nitrogens is 2. The van der Waals surface area contributed by atoms with Crippen LogP contribution in [-0.4, -0.2) is 79.1 Å². The number of methoxy groups -OCH3 is 1. The molecule has 3 heterocycles. The van der Waals surface area contributed by atoms with Crippen LogP contribution in [-0.2, 0) is 22.3 Å². The number of carbonyl (C=O) groups excluding carboxylic acids is 1. The topological polar surface area (TPSA) is 71.9 Å². The highest BCUT2D eigenvalue weighted by atomic mass is 16.5. The van der Waals surface area contributed by atoms with Crippen LogP contribution in [0.3, 0.4) is 0 Å². The Bertz CT molecular complexity index is 1300. The lowest BCUT2D eigenvalue weighted by Gasteiger charge is -2.34. The molecule has 8 heteroatoms. The fraction of sp³-hybridized carbons (Fsp3) is 0.562. The summed E-state index contributed by atoms with van der Waals surface area (Å²) in [5, 5.41) is 3.43. The van der Waals surface area contributed by atoms with Crippen LogP contribution < -0.4 is 10.2 Å². The monoisotopic (exact) mass is 545 g/mol. The van der Waals surface area contributed by atoms with Gasteiger partial charge in [-0.25, -0.2) is 9.78 Å². The van der Waals surface area contributed by atoms with Gasteiger partial charge in [0, 0.05) is 56.8 Å². The molecule has 1 N–H and O–H groups in total. The molecule has 3 atom stereocenters. The first-order chi connectivity index (χ1) is 19.6. The number of rotatable bonds is 7. The van der Waals surface area contributed by atoms with Crippen LogP contribution in [0.5, 0.6) is 0 Å². The number of hydrogen-bond donors (Lipinski definition) is 1. The van der Waals surface area contributed by atoms with Crippen molar-refractivity contribution in [1.29, 1.82) is 0 Å². The van der Waals surface area contributed by atoms with Crippen molar-refractivity contribution in [2.75, 3.05) is 51.3 Å². The highest BCUT2D eigenvalue weighted by molar-refractivity contribution is 5.95. The van der Waals surface area contributed by atoms with E-state index in [9.17, 15) is 4.79 Å². The Labute approximate surface area is 237 Å². The molecule has 3 aliphatic rings. The number of hydrogen-bond acceptors (Lipinski definition) is 6. The molecule has 1 saturated carbocycles. The van der Waals surface area contributed by atoms with E-state index in [0.29, 0.717) is 6.04 Å². The van der Waals surface area contributed by atoms with Crippen LogP contribution in [0.15, 0.2) is 42.5 Å². The predicted octanol–water partition coefficient (Wildman–Crippen LogP) is 4.94. The molecule has 0 spiro atoms. The van der Waals surface area contributed by atoms with E-state index in [0.717, 1.165) is 107 Å². The summed E-state index contributed by atoms with van der Waals surface area (Å²) >= 11 is 0. The van der Waals surface area contributed by atoms with Crippen LogP contribution in [0.1, 0.15) is 62.0 Å². The van der Waals surface area contributed by atoms with E-state index in [2.05, 4.69) is 64.2 Å². The Hall–Kier alpha value is -2.94. The number of amides is 1. The molecule has 1 amide bonds. The summed E-state index contributed by atoms with van der Waals surface area (Å²) in [5.74, 6) is 1.10. The van der Waals surface area contributed by atoms with E-state index in [4.69, 9.17) is 14.5 Å². The fourth-order valence-corrected chi connectivity index (χ4v) is 6.92. The molecule has 1 aliphatic carbocycles. The minimum absolute atomic E-state index is 0.0979. The molecule has 0 bridgehead atoms. The first-order valence-corrected chi connectivity index (χ1v) is 15.1. The minimum atomic E-state index is -0.301. The summed E-state index contributed by atoms with van der Waals surface area (Å²) in [6.07, 6.45) is 6.99. The molecule has 6 rings (SSSR count). The first-order valence-electron chi connectivity index (χ1n) is 15.1. The van der Waals surface area contributed by atoms with E-state index in [1.54, 1.807) is 4.90 Å². The van der Waals surface area contributed by atoms with Crippen molar-refractivity contribution in [2.24, 2.45) is 0 Å². The first kappa shape index (κ1) is 27.2. The molecule has 1 aromatic heterocycles. The van der Waals surface area contributed by atoms with Crippen LogP contribution >= 0.6 is 0 Å². The second kappa shape index (κ2) is 12.3. The molecule has 40 heavy (non-hydrogen) atoms. The Balaban J connectivity index is 1.30. The maximum Gasteiger partial charge on any atom is 0.414 e. The summed E-state index contributed by atoms with van der Waals surface area (Å²) in [6.45, 7) is 8.26. The normalized spacial score (nSPS) is 23.8. The second-order valence-corrected chi connectivity index (χ2v) is 11.6. The van der Waals surface area contributed by atoms with Crippen LogP contribution in [0, 0.1) is 0 Å². The maximum atomic E-state index is 12.7. The van der Waals surface area contributed by atoms with Gasteiger partial charge < -0.3 is 19.4 Å². The van der Waals surface area contributed by atoms with E-state index in [-0.39, 0.29) is 18.2 Å². The number of anilines is 1. The number of imidazole rings is 1. The van der Waals surface area contributed by atoms with Gasteiger partial charge in [0.1, 0.15) is 5.82 Å². The quantitative estimate of drug-likeness (QED) is 0.454. The standard InChI is InChI=1S/C32H43N5O3/c1-23-11-12-27-28(36(23)32(38)39-2)13-14-29-31(27)34-30(21-24-7-4-3-5-8-24)37(29)25-9-6-10-26(22-25)40-20-19-35-17-15-33-16-18-35/h3-5,7-8,13-14,23,25-26,33H,6,9-12,15-22H2,1-2H3/t23-,25?,26+/m0/s1. The average Bonchev–Trinajstić information content (AvgIpc) is 3.36. The molecule has 0 radical (unpaired) electrons. The van der Waals surface area contributed by atoms with Gasteiger partial charge in [-0.2, -0.15) is 0 Å². The number of ether oxygens (including phenoxy) is 2. The Morgan fingerprint density at radius 2 is 1.90 bits per heavy atom. The van der Waals surface area contributed by atoms with Gasteiger partial charge in [-0.1, -0.05) is 30.3 Å². The third-order valence-corrected chi connectivity index (χ3v) is 9.04. The Morgan fingerprint density at radius 3 is 2.70 bits per heavy atom. The third kappa shape index (κ3) is 5.62. The zero-order valence-corrected chi connectivity index (χ0v) is 24.0. The molecular weight excluding hydrogens is 502 g/mol. The smallest absolute Gasteiger partial charge is 0.414 e. The summed E-state index contributed by atoms with van der Waals surface area (Å²) < 4.78 is 14.2. The van der Waals surface area contributed by atoms with Gasteiger partial charge in [-0.15, -0.1) is 0 Å². The number of benzene rings is 2. The highest BCUT2D eigenvalue weighted by Crippen LogP contribution is 2.40. The molecular formula is C32H43N5O3. The number of nitrogens with one attached hydrogen (secondary N) is 1. The van der Waals surface area contributed by atoms with E-state index in [1.165, 1.54) is 18.2 Å². The lowest BCUT2D eigenvalue weighted by molar-refractivity contribution is 0.00364. The lowest BCUT2D eigenvalue weighted by atomic mass is 9.91. The van der Waals surface area contributed by atoms with E-state index in [1.807, 2.05) is 0 Å². The highest BCUT2D eigenvalue weighted by Gasteiger charge is 2.33. The zero-order valence-electron chi connectivity index (χ0n) is 24.0. The maximum absolute atomic E-state index is 12.7. The second-order valence-electron chi connectivity index (χ2n) is 11.6. The van der Waals surface area contributed by atoms with Crippen LogP contribution in [0.25, 0.3) is 11.0 Å². The van der Waals surface area contributed by atoms with Crippen molar-refractivity contribution in [1.82, 2.24) is 19.8 Å². The molecule has 2 aromatic carbocycles. The van der Waals surface area contributed by atoms with Gasteiger partial charge in [0.05, 0.1) is 36.5 Å². The molecule has 3 aromatic rings. The average molecular weight is 546 g/mol. The van der Waals surface area contributed by atoms with E-state index >= 15 is 0 Å². The number of aryl methyl sites for hydroxylation is 1.